The molecule has 0 aliphatic rings. The molecule has 4 rings (SSSR count). The van der Waals surface area contributed by atoms with E-state index in [4.69, 9.17) is 16.7 Å². The molecule has 1 aromatic heterocycles. The molecule has 27 heavy (non-hydrogen) atoms. The van der Waals surface area contributed by atoms with Gasteiger partial charge in [-0.05, 0) is 42.5 Å². The largest absolute Gasteiger partial charge is 0.478 e. The van der Waals surface area contributed by atoms with Gasteiger partial charge in [-0.15, -0.1) is 0 Å². The second-order valence-electron chi connectivity index (χ2n) is 5.93. The maximum atomic E-state index is 11.0. The SMILES string of the molecule is O=C(O)c1ccc(Nc2nc(-c3ccccc3)c3ccc(Cl)cc3n2)cc1. The summed E-state index contributed by atoms with van der Waals surface area (Å²) in [6.45, 7) is 0. The van der Waals surface area contributed by atoms with E-state index in [9.17, 15) is 4.79 Å². The number of aromatic nitrogens is 2. The van der Waals surface area contributed by atoms with Crippen LogP contribution in [0.3, 0.4) is 0 Å². The first-order chi connectivity index (χ1) is 13.1. The van der Waals surface area contributed by atoms with Gasteiger partial charge in [-0.3, -0.25) is 0 Å². The summed E-state index contributed by atoms with van der Waals surface area (Å²) in [6.07, 6.45) is 0. The number of fused-ring (bicyclic) bond motifs is 1. The molecule has 0 saturated heterocycles. The quantitative estimate of drug-likeness (QED) is 0.500. The minimum atomic E-state index is -0.968. The van der Waals surface area contributed by atoms with Crippen LogP contribution in [-0.2, 0) is 0 Å². The maximum Gasteiger partial charge on any atom is 0.335 e. The van der Waals surface area contributed by atoms with Gasteiger partial charge in [-0.2, -0.15) is 0 Å². The average Bonchev–Trinajstić information content (AvgIpc) is 2.68. The van der Waals surface area contributed by atoms with Crippen LogP contribution in [0.5, 0.6) is 0 Å². The molecule has 0 atom stereocenters. The highest BCUT2D eigenvalue weighted by Crippen LogP contribution is 2.29. The molecular formula is C21H14ClN3O2. The molecule has 2 N–H and O–H groups in total. The Labute approximate surface area is 160 Å². The first-order valence-corrected chi connectivity index (χ1v) is 8.61. The third-order valence-electron chi connectivity index (χ3n) is 4.09. The van der Waals surface area contributed by atoms with Gasteiger partial charge in [-0.25, -0.2) is 14.8 Å². The van der Waals surface area contributed by atoms with Crippen LogP contribution >= 0.6 is 11.6 Å². The summed E-state index contributed by atoms with van der Waals surface area (Å²) in [5.74, 6) is -0.559. The Hall–Kier alpha value is -3.44. The number of carboxylic acid groups (broad SMARTS) is 1. The predicted octanol–water partition coefficient (Wildman–Crippen LogP) is 5.39. The van der Waals surface area contributed by atoms with Crippen molar-refractivity contribution >= 4 is 40.1 Å². The molecule has 3 aromatic carbocycles. The lowest BCUT2D eigenvalue weighted by Gasteiger charge is -2.11. The molecule has 0 amide bonds. The highest BCUT2D eigenvalue weighted by molar-refractivity contribution is 6.31. The van der Waals surface area contributed by atoms with Crippen molar-refractivity contribution in [3.63, 3.8) is 0 Å². The lowest BCUT2D eigenvalue weighted by atomic mass is 10.1. The molecule has 0 saturated carbocycles. The highest BCUT2D eigenvalue weighted by Gasteiger charge is 2.11. The Morgan fingerprint density at radius 1 is 0.926 bits per heavy atom. The molecule has 5 nitrogen and oxygen atoms in total. The van der Waals surface area contributed by atoms with Gasteiger partial charge in [-0.1, -0.05) is 41.9 Å². The van der Waals surface area contributed by atoms with Gasteiger partial charge in [0.05, 0.1) is 16.8 Å². The Morgan fingerprint density at radius 2 is 1.67 bits per heavy atom. The summed E-state index contributed by atoms with van der Waals surface area (Å²) in [5.41, 5.74) is 3.40. The van der Waals surface area contributed by atoms with Crippen LogP contribution in [0.25, 0.3) is 22.2 Å². The first kappa shape index (κ1) is 17.0. The van der Waals surface area contributed by atoms with Crippen LogP contribution in [-0.4, -0.2) is 21.0 Å². The molecule has 4 aromatic rings. The van der Waals surface area contributed by atoms with Gasteiger partial charge >= 0.3 is 5.97 Å². The van der Waals surface area contributed by atoms with Crippen LogP contribution in [0.15, 0.2) is 72.8 Å². The zero-order valence-electron chi connectivity index (χ0n) is 14.1. The van der Waals surface area contributed by atoms with Crippen molar-refractivity contribution in [1.29, 1.82) is 0 Å². The fraction of sp³-hybridized carbons (Fsp3) is 0. The lowest BCUT2D eigenvalue weighted by Crippen LogP contribution is -2.01. The van der Waals surface area contributed by atoms with Crippen molar-refractivity contribution in [2.45, 2.75) is 0 Å². The van der Waals surface area contributed by atoms with Gasteiger partial charge < -0.3 is 10.4 Å². The van der Waals surface area contributed by atoms with E-state index in [-0.39, 0.29) is 5.56 Å². The Balaban J connectivity index is 1.80. The number of benzene rings is 3. The Kier molecular flexibility index (Phi) is 4.44. The highest BCUT2D eigenvalue weighted by atomic mass is 35.5. The van der Waals surface area contributed by atoms with Crippen LogP contribution in [0.4, 0.5) is 11.6 Å². The number of nitrogens with zero attached hydrogens (tertiary/aromatic N) is 2. The van der Waals surface area contributed by atoms with E-state index in [1.54, 1.807) is 18.2 Å². The molecule has 132 valence electrons. The summed E-state index contributed by atoms with van der Waals surface area (Å²) in [4.78, 5) is 20.2. The molecule has 0 fully saturated rings. The summed E-state index contributed by atoms with van der Waals surface area (Å²) < 4.78 is 0. The van der Waals surface area contributed by atoms with E-state index >= 15 is 0 Å². The number of hydrogen-bond acceptors (Lipinski definition) is 4. The number of anilines is 2. The van der Waals surface area contributed by atoms with E-state index < -0.39 is 5.97 Å². The van der Waals surface area contributed by atoms with Crippen LogP contribution in [0.2, 0.25) is 5.02 Å². The van der Waals surface area contributed by atoms with Crippen molar-refractivity contribution in [3.8, 4) is 11.3 Å². The van der Waals surface area contributed by atoms with E-state index in [2.05, 4.69) is 15.3 Å². The third-order valence-corrected chi connectivity index (χ3v) is 4.33. The van der Waals surface area contributed by atoms with Crippen LogP contribution in [0.1, 0.15) is 10.4 Å². The molecular weight excluding hydrogens is 362 g/mol. The molecule has 6 heteroatoms. The summed E-state index contributed by atoms with van der Waals surface area (Å²) in [7, 11) is 0. The second kappa shape index (κ2) is 7.05. The number of halogens is 1. The van der Waals surface area contributed by atoms with Crippen molar-refractivity contribution in [1.82, 2.24) is 9.97 Å². The Bertz CT molecular complexity index is 1130. The monoisotopic (exact) mass is 375 g/mol. The molecule has 0 bridgehead atoms. The number of aromatic carboxylic acids is 1. The van der Waals surface area contributed by atoms with E-state index in [1.807, 2.05) is 42.5 Å². The molecule has 0 unspecified atom stereocenters. The fourth-order valence-electron chi connectivity index (χ4n) is 2.80. The van der Waals surface area contributed by atoms with Crippen molar-refractivity contribution in [2.24, 2.45) is 0 Å². The first-order valence-electron chi connectivity index (χ1n) is 8.23. The normalized spacial score (nSPS) is 10.7. The van der Waals surface area contributed by atoms with Crippen LogP contribution < -0.4 is 5.32 Å². The maximum absolute atomic E-state index is 11.0. The summed E-state index contributed by atoms with van der Waals surface area (Å²) >= 11 is 6.14. The van der Waals surface area contributed by atoms with Crippen molar-refractivity contribution < 1.29 is 9.90 Å². The molecule has 0 spiro atoms. The van der Waals surface area contributed by atoms with Crippen LogP contribution in [0, 0.1) is 0 Å². The fourth-order valence-corrected chi connectivity index (χ4v) is 2.97. The second-order valence-corrected chi connectivity index (χ2v) is 6.37. The van der Waals surface area contributed by atoms with E-state index in [0.29, 0.717) is 16.7 Å². The van der Waals surface area contributed by atoms with Crippen molar-refractivity contribution in [3.05, 3.63) is 83.4 Å². The standard InChI is InChI=1S/C21H14ClN3O2/c22-15-8-11-17-18(12-15)24-21(25-19(17)13-4-2-1-3-5-13)23-16-9-6-14(7-10-16)20(26)27/h1-12H,(H,26,27)(H,23,24,25). The average molecular weight is 376 g/mol. The van der Waals surface area contributed by atoms with Gasteiger partial charge in [0, 0.05) is 21.7 Å². The van der Waals surface area contributed by atoms with Gasteiger partial charge in [0.2, 0.25) is 5.95 Å². The van der Waals surface area contributed by atoms with Crippen molar-refractivity contribution in [2.75, 3.05) is 5.32 Å². The molecule has 0 aliphatic heterocycles. The topological polar surface area (TPSA) is 75.1 Å². The molecule has 0 radical (unpaired) electrons. The third kappa shape index (κ3) is 3.59. The van der Waals surface area contributed by atoms with Gasteiger partial charge in [0.15, 0.2) is 0 Å². The summed E-state index contributed by atoms with van der Waals surface area (Å²) in [6, 6.07) is 21.8. The number of carboxylic acids is 1. The smallest absolute Gasteiger partial charge is 0.335 e. The predicted molar refractivity (Wildman–Crippen MR) is 107 cm³/mol. The minimum absolute atomic E-state index is 0.219. The number of carbonyl (C=O) groups is 1. The number of nitrogens with one attached hydrogen (secondary N) is 1. The number of rotatable bonds is 4. The molecule has 0 aliphatic carbocycles. The van der Waals surface area contributed by atoms with E-state index in [1.165, 1.54) is 12.1 Å². The zero-order valence-corrected chi connectivity index (χ0v) is 14.8. The summed E-state index contributed by atoms with van der Waals surface area (Å²) in [5, 5.41) is 13.6. The minimum Gasteiger partial charge on any atom is -0.478 e. The Morgan fingerprint density at radius 3 is 2.37 bits per heavy atom. The van der Waals surface area contributed by atoms with Gasteiger partial charge in [0.25, 0.3) is 0 Å². The van der Waals surface area contributed by atoms with Gasteiger partial charge in [0.1, 0.15) is 0 Å². The molecule has 1 heterocycles. The van der Waals surface area contributed by atoms with E-state index in [0.717, 1.165) is 22.2 Å². The number of hydrogen-bond donors (Lipinski definition) is 2. The lowest BCUT2D eigenvalue weighted by molar-refractivity contribution is 0.0697. The zero-order chi connectivity index (χ0) is 18.8.